The zero-order valence-corrected chi connectivity index (χ0v) is 11.2. The van der Waals surface area contributed by atoms with E-state index >= 15 is 0 Å². The van der Waals surface area contributed by atoms with Gasteiger partial charge in [0.25, 0.3) is 0 Å². The molecular weight excluding hydrogens is 259 g/mol. The summed E-state index contributed by atoms with van der Waals surface area (Å²) in [6.07, 6.45) is 1.87. The van der Waals surface area contributed by atoms with Crippen LogP contribution in [0.15, 0.2) is 12.1 Å². The minimum absolute atomic E-state index is 0.0261. The number of anilines is 2. The molecule has 1 aliphatic heterocycles. The Morgan fingerprint density at radius 1 is 1.24 bits per heavy atom. The van der Waals surface area contributed by atoms with Crippen LogP contribution in [0, 0.1) is 0 Å². The van der Waals surface area contributed by atoms with Gasteiger partial charge in [0.1, 0.15) is 0 Å². The maximum atomic E-state index is 6.16. The molecule has 3 N–H and O–H groups in total. The van der Waals surface area contributed by atoms with Gasteiger partial charge in [0.15, 0.2) is 0 Å². The van der Waals surface area contributed by atoms with Gasteiger partial charge in [-0.3, -0.25) is 0 Å². The highest BCUT2D eigenvalue weighted by atomic mass is 35.5. The van der Waals surface area contributed by atoms with Crippen LogP contribution in [0.25, 0.3) is 0 Å². The van der Waals surface area contributed by atoms with Gasteiger partial charge in [-0.15, -0.1) is 0 Å². The first kappa shape index (κ1) is 12.8. The van der Waals surface area contributed by atoms with E-state index in [-0.39, 0.29) is 5.54 Å². The normalized spacial score (nSPS) is 19.0. The third-order valence-electron chi connectivity index (χ3n) is 3.09. The second-order valence-electron chi connectivity index (χ2n) is 4.66. The van der Waals surface area contributed by atoms with Crippen LogP contribution in [0.3, 0.4) is 0 Å². The molecule has 0 radical (unpaired) electrons. The Bertz CT molecular complexity index is 394. The van der Waals surface area contributed by atoms with Gasteiger partial charge >= 0.3 is 0 Å². The predicted molar refractivity (Wildman–Crippen MR) is 73.0 cm³/mol. The lowest BCUT2D eigenvalue weighted by Crippen LogP contribution is -2.40. The van der Waals surface area contributed by atoms with Crippen LogP contribution in [0.2, 0.25) is 10.0 Å². The number of hydrogen-bond donors (Lipinski definition) is 2. The molecule has 94 valence electrons. The highest BCUT2D eigenvalue weighted by molar-refractivity contribution is 6.39. The van der Waals surface area contributed by atoms with E-state index in [4.69, 9.17) is 33.7 Å². The average molecular weight is 275 g/mol. The van der Waals surface area contributed by atoms with Gasteiger partial charge in [0.2, 0.25) is 0 Å². The summed E-state index contributed by atoms with van der Waals surface area (Å²) in [7, 11) is 0. The molecule has 0 atom stereocenters. The van der Waals surface area contributed by atoms with Crippen LogP contribution in [-0.4, -0.2) is 18.8 Å². The SMILES string of the molecule is CC1(Nc2c(Cl)cc(N)cc2Cl)CCOCC1. The second-order valence-corrected chi connectivity index (χ2v) is 5.47. The van der Waals surface area contributed by atoms with E-state index < -0.39 is 0 Å². The molecule has 0 aromatic heterocycles. The summed E-state index contributed by atoms with van der Waals surface area (Å²) in [6, 6.07) is 3.41. The smallest absolute Gasteiger partial charge is 0.0724 e. The molecule has 2 rings (SSSR count). The van der Waals surface area contributed by atoms with Crippen LogP contribution < -0.4 is 11.1 Å². The molecule has 1 saturated heterocycles. The van der Waals surface area contributed by atoms with Crippen molar-refractivity contribution in [3.8, 4) is 0 Å². The minimum atomic E-state index is -0.0261. The van der Waals surface area contributed by atoms with Gasteiger partial charge in [0.05, 0.1) is 15.7 Å². The number of hydrogen-bond acceptors (Lipinski definition) is 3. The van der Waals surface area contributed by atoms with E-state index in [0.717, 1.165) is 31.7 Å². The average Bonchev–Trinajstić information content (AvgIpc) is 2.24. The molecule has 1 fully saturated rings. The van der Waals surface area contributed by atoms with E-state index in [1.807, 2.05) is 0 Å². The topological polar surface area (TPSA) is 47.3 Å². The Balaban J connectivity index is 2.23. The number of nitrogen functional groups attached to an aromatic ring is 1. The summed E-state index contributed by atoms with van der Waals surface area (Å²) >= 11 is 12.3. The van der Waals surface area contributed by atoms with Crippen LogP contribution in [0.5, 0.6) is 0 Å². The predicted octanol–water partition coefficient (Wildman–Crippen LogP) is 3.56. The lowest BCUT2D eigenvalue weighted by Gasteiger charge is -2.36. The Morgan fingerprint density at radius 3 is 2.29 bits per heavy atom. The van der Waals surface area contributed by atoms with Crippen molar-refractivity contribution < 1.29 is 4.74 Å². The van der Waals surface area contributed by atoms with Crippen molar-refractivity contribution in [2.75, 3.05) is 24.3 Å². The maximum absolute atomic E-state index is 6.16. The summed E-state index contributed by atoms with van der Waals surface area (Å²) < 4.78 is 5.36. The largest absolute Gasteiger partial charge is 0.399 e. The second kappa shape index (κ2) is 4.92. The molecule has 0 saturated carbocycles. The molecular formula is C12H16Cl2N2O. The molecule has 1 aliphatic rings. The Labute approximate surface area is 111 Å². The Kier molecular flexibility index (Phi) is 3.71. The van der Waals surface area contributed by atoms with Crippen LogP contribution in [-0.2, 0) is 4.74 Å². The van der Waals surface area contributed by atoms with Gasteiger partial charge in [-0.05, 0) is 31.9 Å². The lowest BCUT2D eigenvalue weighted by atomic mass is 9.92. The van der Waals surface area contributed by atoms with Gasteiger partial charge in [-0.25, -0.2) is 0 Å². The molecule has 0 bridgehead atoms. The molecule has 5 heteroatoms. The Morgan fingerprint density at radius 2 is 1.76 bits per heavy atom. The molecule has 3 nitrogen and oxygen atoms in total. The number of halogens is 2. The van der Waals surface area contributed by atoms with Gasteiger partial charge in [0, 0.05) is 24.4 Å². The third kappa shape index (κ3) is 2.97. The summed E-state index contributed by atoms with van der Waals surface area (Å²) in [5, 5.41) is 4.54. The van der Waals surface area contributed by atoms with E-state index in [9.17, 15) is 0 Å². The molecule has 17 heavy (non-hydrogen) atoms. The molecule has 0 aliphatic carbocycles. The highest BCUT2D eigenvalue weighted by Gasteiger charge is 2.28. The first-order valence-electron chi connectivity index (χ1n) is 5.61. The molecule has 1 heterocycles. The lowest BCUT2D eigenvalue weighted by molar-refractivity contribution is 0.0658. The quantitative estimate of drug-likeness (QED) is 0.811. The summed E-state index contributed by atoms with van der Waals surface area (Å²) in [5.74, 6) is 0. The van der Waals surface area contributed by atoms with Crippen molar-refractivity contribution in [1.29, 1.82) is 0 Å². The fourth-order valence-corrected chi connectivity index (χ4v) is 2.56. The molecule has 0 unspecified atom stereocenters. The number of nitrogens with one attached hydrogen (secondary N) is 1. The molecule has 0 spiro atoms. The van der Waals surface area contributed by atoms with Crippen molar-refractivity contribution in [2.24, 2.45) is 0 Å². The first-order valence-corrected chi connectivity index (χ1v) is 6.36. The molecule has 0 amide bonds. The van der Waals surface area contributed by atoms with Gasteiger partial charge < -0.3 is 15.8 Å². The van der Waals surface area contributed by atoms with Crippen LogP contribution in [0.1, 0.15) is 19.8 Å². The number of benzene rings is 1. The number of nitrogens with two attached hydrogens (primary N) is 1. The standard InChI is InChI=1S/C12H16Cl2N2O/c1-12(2-4-17-5-3-12)16-11-9(13)6-8(15)7-10(11)14/h6-7,16H,2-5,15H2,1H3. The third-order valence-corrected chi connectivity index (χ3v) is 3.68. The van der Waals surface area contributed by atoms with E-state index in [2.05, 4.69) is 12.2 Å². The van der Waals surface area contributed by atoms with Crippen LogP contribution >= 0.6 is 23.2 Å². The fourth-order valence-electron chi connectivity index (χ4n) is 1.96. The summed E-state index contributed by atoms with van der Waals surface area (Å²) in [4.78, 5) is 0. The van der Waals surface area contributed by atoms with E-state index in [0.29, 0.717) is 15.7 Å². The van der Waals surface area contributed by atoms with Gasteiger partial charge in [-0.1, -0.05) is 23.2 Å². The first-order chi connectivity index (χ1) is 8.00. The van der Waals surface area contributed by atoms with Crippen molar-refractivity contribution in [3.63, 3.8) is 0 Å². The fraction of sp³-hybridized carbons (Fsp3) is 0.500. The maximum Gasteiger partial charge on any atom is 0.0724 e. The highest BCUT2D eigenvalue weighted by Crippen LogP contribution is 2.36. The molecule has 1 aromatic carbocycles. The summed E-state index contributed by atoms with van der Waals surface area (Å²) in [5.41, 5.74) is 6.98. The van der Waals surface area contributed by atoms with Crippen molar-refractivity contribution in [2.45, 2.75) is 25.3 Å². The zero-order valence-electron chi connectivity index (χ0n) is 9.72. The number of ether oxygens (including phenoxy) is 1. The van der Waals surface area contributed by atoms with Crippen molar-refractivity contribution in [3.05, 3.63) is 22.2 Å². The Hall–Kier alpha value is -0.640. The van der Waals surface area contributed by atoms with E-state index in [1.54, 1.807) is 12.1 Å². The summed E-state index contributed by atoms with van der Waals surface area (Å²) in [6.45, 7) is 3.67. The van der Waals surface area contributed by atoms with Crippen molar-refractivity contribution >= 4 is 34.6 Å². The monoisotopic (exact) mass is 274 g/mol. The number of rotatable bonds is 2. The van der Waals surface area contributed by atoms with Crippen LogP contribution in [0.4, 0.5) is 11.4 Å². The van der Waals surface area contributed by atoms with E-state index in [1.165, 1.54) is 0 Å². The van der Waals surface area contributed by atoms with Crippen molar-refractivity contribution in [1.82, 2.24) is 0 Å². The van der Waals surface area contributed by atoms with Gasteiger partial charge in [-0.2, -0.15) is 0 Å². The zero-order chi connectivity index (χ0) is 12.5. The molecule has 1 aromatic rings. The minimum Gasteiger partial charge on any atom is -0.399 e.